The summed E-state index contributed by atoms with van der Waals surface area (Å²) in [4.78, 5) is 8.60. The zero-order chi connectivity index (χ0) is 24.9. The van der Waals surface area contributed by atoms with Crippen molar-refractivity contribution < 1.29 is 20.4 Å². The maximum absolute atomic E-state index is 10.2. The fourth-order valence-corrected chi connectivity index (χ4v) is 3.70. The van der Waals surface area contributed by atoms with Gasteiger partial charge in [-0.1, -0.05) is 35.3 Å². The third-order valence-electron chi connectivity index (χ3n) is 5.15. The van der Waals surface area contributed by atoms with Crippen LogP contribution >= 0.6 is 23.2 Å². The van der Waals surface area contributed by atoms with Gasteiger partial charge in [0.1, 0.15) is 34.4 Å². The molecule has 0 saturated heterocycles. The summed E-state index contributed by atoms with van der Waals surface area (Å²) in [5.41, 5.74) is 3.23. The molecule has 8 heteroatoms. The molecule has 0 spiro atoms. The van der Waals surface area contributed by atoms with E-state index in [1.165, 1.54) is 24.6 Å². The summed E-state index contributed by atoms with van der Waals surface area (Å²) in [5.74, 6) is 0.0295. The number of phenolic OH excluding ortho intramolecular Hbond substituents is 4. The van der Waals surface area contributed by atoms with Gasteiger partial charge in [0, 0.05) is 33.6 Å². The summed E-state index contributed by atoms with van der Waals surface area (Å²) in [6.45, 7) is 0. The Balaban J connectivity index is 1.56. The van der Waals surface area contributed by atoms with Gasteiger partial charge in [0.15, 0.2) is 0 Å². The summed E-state index contributed by atoms with van der Waals surface area (Å²) in [5, 5.41) is 41.3. The Morgan fingerprint density at radius 2 is 0.943 bits per heavy atom. The zero-order valence-electron chi connectivity index (χ0n) is 18.2. The zero-order valence-corrected chi connectivity index (χ0v) is 19.7. The van der Waals surface area contributed by atoms with E-state index in [2.05, 4.69) is 9.98 Å². The van der Waals surface area contributed by atoms with Crippen LogP contribution in [0.1, 0.15) is 22.3 Å². The lowest BCUT2D eigenvalue weighted by Crippen LogP contribution is -1.89. The number of phenols is 4. The van der Waals surface area contributed by atoms with Crippen LogP contribution in [-0.4, -0.2) is 32.9 Å². The summed E-state index contributed by atoms with van der Waals surface area (Å²) in [6, 6.07) is 19.3. The molecule has 0 fully saturated rings. The summed E-state index contributed by atoms with van der Waals surface area (Å²) >= 11 is 11.9. The van der Waals surface area contributed by atoms with Gasteiger partial charge in [-0.15, -0.1) is 0 Å². The van der Waals surface area contributed by atoms with Gasteiger partial charge in [0.2, 0.25) is 0 Å². The fourth-order valence-electron chi connectivity index (χ4n) is 3.34. The Kier molecular flexibility index (Phi) is 7.25. The molecule has 0 radical (unpaired) electrons. The average molecular weight is 507 g/mol. The second kappa shape index (κ2) is 10.5. The van der Waals surface area contributed by atoms with Crippen molar-refractivity contribution >= 4 is 47.0 Å². The first kappa shape index (κ1) is 24.1. The molecule has 4 aromatic carbocycles. The molecule has 0 atom stereocenters. The first-order valence-electron chi connectivity index (χ1n) is 10.5. The third kappa shape index (κ3) is 6.12. The van der Waals surface area contributed by atoms with Crippen molar-refractivity contribution in [3.63, 3.8) is 0 Å². The predicted molar refractivity (Wildman–Crippen MR) is 140 cm³/mol. The quantitative estimate of drug-likeness (QED) is 0.213. The molecule has 4 rings (SSSR count). The van der Waals surface area contributed by atoms with Crippen LogP contribution in [0.4, 0.5) is 11.4 Å². The number of hydrogen-bond acceptors (Lipinski definition) is 6. The lowest BCUT2D eigenvalue weighted by atomic mass is 10.0. The highest BCUT2D eigenvalue weighted by atomic mass is 35.5. The Morgan fingerprint density at radius 3 is 1.37 bits per heavy atom. The summed E-state index contributed by atoms with van der Waals surface area (Å²) in [7, 11) is 0. The van der Waals surface area contributed by atoms with E-state index in [4.69, 9.17) is 23.2 Å². The van der Waals surface area contributed by atoms with Gasteiger partial charge < -0.3 is 20.4 Å². The molecule has 0 aliphatic heterocycles. The highest BCUT2D eigenvalue weighted by Crippen LogP contribution is 2.32. The van der Waals surface area contributed by atoms with Crippen LogP contribution in [0.3, 0.4) is 0 Å². The number of aliphatic imine (C=N–C) groups is 2. The largest absolute Gasteiger partial charge is 0.507 e. The van der Waals surface area contributed by atoms with E-state index in [0.717, 1.165) is 11.1 Å². The van der Waals surface area contributed by atoms with E-state index < -0.39 is 0 Å². The average Bonchev–Trinajstić information content (AvgIpc) is 2.83. The smallest absolute Gasteiger partial charge is 0.141 e. The molecule has 0 aliphatic carbocycles. The van der Waals surface area contributed by atoms with Gasteiger partial charge in [-0.05, 0) is 78.2 Å². The van der Waals surface area contributed by atoms with Gasteiger partial charge >= 0.3 is 0 Å². The normalized spacial score (nSPS) is 11.5. The molecule has 176 valence electrons. The van der Waals surface area contributed by atoms with Gasteiger partial charge in [0.25, 0.3) is 0 Å². The molecule has 0 bridgehead atoms. The number of halogens is 2. The monoisotopic (exact) mass is 506 g/mol. The van der Waals surface area contributed by atoms with Gasteiger partial charge in [-0.25, -0.2) is 0 Å². The lowest BCUT2D eigenvalue weighted by Gasteiger charge is -2.07. The molecule has 0 heterocycles. The Hall–Kier alpha value is -4.00. The van der Waals surface area contributed by atoms with E-state index in [9.17, 15) is 20.4 Å². The number of benzene rings is 4. The fraction of sp³-hybridized carbons (Fsp3) is 0.0370. The number of hydrogen-bond donors (Lipinski definition) is 4. The molecule has 0 saturated carbocycles. The minimum atomic E-state index is -0.0103. The molecule has 0 unspecified atom stereocenters. The minimum Gasteiger partial charge on any atom is -0.507 e. The van der Waals surface area contributed by atoms with Crippen LogP contribution in [0.2, 0.25) is 10.0 Å². The van der Waals surface area contributed by atoms with Crippen LogP contribution in [-0.2, 0) is 6.42 Å². The summed E-state index contributed by atoms with van der Waals surface area (Å²) < 4.78 is 0. The standard InChI is InChI=1S/C27H20Cl2N2O4/c28-20-3-7-24(32)18(12-20)14-30-22-10-16(1-5-26(22)34)9-17-2-6-27(35)23(11-17)31-15-19-13-21(29)4-8-25(19)33/h1-8,10-15,32-35H,9H2. The van der Waals surface area contributed by atoms with E-state index in [1.54, 1.807) is 60.7 Å². The summed E-state index contributed by atoms with van der Waals surface area (Å²) in [6.07, 6.45) is 3.34. The first-order chi connectivity index (χ1) is 16.8. The van der Waals surface area contributed by atoms with Crippen molar-refractivity contribution in [3.05, 3.63) is 105 Å². The molecular formula is C27H20Cl2N2O4. The van der Waals surface area contributed by atoms with Crippen molar-refractivity contribution in [3.8, 4) is 23.0 Å². The molecule has 6 nitrogen and oxygen atoms in total. The highest BCUT2D eigenvalue weighted by molar-refractivity contribution is 6.31. The minimum absolute atomic E-state index is 0.0103. The van der Waals surface area contributed by atoms with Gasteiger partial charge in [-0.2, -0.15) is 0 Å². The van der Waals surface area contributed by atoms with Crippen LogP contribution in [0.5, 0.6) is 23.0 Å². The first-order valence-corrected chi connectivity index (χ1v) is 11.2. The molecule has 4 aromatic rings. The van der Waals surface area contributed by atoms with Crippen LogP contribution in [0.25, 0.3) is 0 Å². The highest BCUT2D eigenvalue weighted by Gasteiger charge is 2.07. The Labute approximate surface area is 211 Å². The molecule has 4 N–H and O–H groups in total. The van der Waals surface area contributed by atoms with Crippen molar-refractivity contribution in [2.75, 3.05) is 0 Å². The molecule has 0 aliphatic rings. The van der Waals surface area contributed by atoms with Crippen molar-refractivity contribution in [1.82, 2.24) is 0 Å². The number of rotatable bonds is 6. The van der Waals surface area contributed by atoms with E-state index in [1.807, 2.05) is 0 Å². The van der Waals surface area contributed by atoms with Crippen LogP contribution < -0.4 is 0 Å². The Bertz CT molecular complexity index is 1340. The Morgan fingerprint density at radius 1 is 0.543 bits per heavy atom. The second-order valence-electron chi connectivity index (χ2n) is 7.75. The van der Waals surface area contributed by atoms with Crippen molar-refractivity contribution in [2.24, 2.45) is 9.98 Å². The maximum Gasteiger partial charge on any atom is 0.141 e. The van der Waals surface area contributed by atoms with E-state index >= 15 is 0 Å². The lowest BCUT2D eigenvalue weighted by molar-refractivity contribution is 0.473. The van der Waals surface area contributed by atoms with Crippen LogP contribution in [0.15, 0.2) is 82.8 Å². The second-order valence-corrected chi connectivity index (χ2v) is 8.62. The number of nitrogens with zero attached hydrogens (tertiary/aromatic N) is 2. The van der Waals surface area contributed by atoms with Gasteiger partial charge in [0.05, 0.1) is 0 Å². The predicted octanol–water partition coefficient (Wildman–Crippen LogP) is 6.91. The molecule has 0 amide bonds. The topological polar surface area (TPSA) is 106 Å². The number of aromatic hydroxyl groups is 4. The SMILES string of the molecule is Oc1ccc(Cl)cc1C=Nc1cc(Cc2ccc(O)c(N=Cc3cc(Cl)ccc3O)c2)ccc1O. The molecular weight excluding hydrogens is 487 g/mol. The van der Waals surface area contributed by atoms with E-state index in [0.29, 0.717) is 39.0 Å². The van der Waals surface area contributed by atoms with Crippen molar-refractivity contribution in [1.29, 1.82) is 0 Å². The van der Waals surface area contributed by atoms with Crippen molar-refractivity contribution in [2.45, 2.75) is 6.42 Å². The molecule has 0 aromatic heterocycles. The third-order valence-corrected chi connectivity index (χ3v) is 5.62. The van der Waals surface area contributed by atoms with Gasteiger partial charge in [-0.3, -0.25) is 9.98 Å². The maximum atomic E-state index is 10.2. The molecule has 35 heavy (non-hydrogen) atoms. The van der Waals surface area contributed by atoms with Crippen LogP contribution in [0, 0.1) is 0 Å². The van der Waals surface area contributed by atoms with E-state index in [-0.39, 0.29) is 23.0 Å².